The van der Waals surface area contributed by atoms with E-state index in [2.05, 4.69) is 12.2 Å². The van der Waals surface area contributed by atoms with E-state index in [1.54, 1.807) is 0 Å². The van der Waals surface area contributed by atoms with Gasteiger partial charge in [-0.15, -0.1) is 0 Å². The highest BCUT2D eigenvalue weighted by Gasteiger charge is 2.02. The zero-order chi connectivity index (χ0) is 12.8. The molecule has 0 aromatic carbocycles. The van der Waals surface area contributed by atoms with E-state index in [4.69, 9.17) is 9.47 Å². The Morgan fingerprint density at radius 2 is 1.88 bits per heavy atom. The monoisotopic (exact) mass is 247 g/mol. The van der Waals surface area contributed by atoms with Crippen molar-refractivity contribution < 1.29 is 14.6 Å². The Morgan fingerprint density at radius 3 is 2.59 bits per heavy atom. The first-order chi connectivity index (χ1) is 8.31. The molecule has 0 aromatic heterocycles. The van der Waals surface area contributed by atoms with Crippen LogP contribution in [0.25, 0.3) is 0 Å². The van der Waals surface area contributed by atoms with Crippen LogP contribution in [-0.4, -0.2) is 50.7 Å². The van der Waals surface area contributed by atoms with Crippen molar-refractivity contribution >= 4 is 0 Å². The quantitative estimate of drug-likeness (QED) is 0.485. The first-order valence-electron chi connectivity index (χ1n) is 6.85. The van der Waals surface area contributed by atoms with Crippen LogP contribution in [0.5, 0.6) is 0 Å². The molecule has 2 N–H and O–H groups in total. The third-order valence-electron chi connectivity index (χ3n) is 2.46. The number of unbranched alkanes of at least 4 members (excludes halogenated alkanes) is 3. The molecule has 0 radical (unpaired) electrons. The van der Waals surface area contributed by atoms with Gasteiger partial charge in [-0.1, -0.05) is 26.2 Å². The van der Waals surface area contributed by atoms with Crippen molar-refractivity contribution in [2.24, 2.45) is 0 Å². The van der Waals surface area contributed by atoms with Crippen LogP contribution in [0.4, 0.5) is 0 Å². The van der Waals surface area contributed by atoms with Gasteiger partial charge in [-0.25, -0.2) is 0 Å². The van der Waals surface area contributed by atoms with Crippen LogP contribution in [0.2, 0.25) is 0 Å². The van der Waals surface area contributed by atoms with Crippen LogP contribution in [0, 0.1) is 0 Å². The highest BCUT2D eigenvalue weighted by Crippen LogP contribution is 1.99. The van der Waals surface area contributed by atoms with Crippen LogP contribution in [-0.2, 0) is 9.47 Å². The van der Waals surface area contributed by atoms with Crippen molar-refractivity contribution in [1.29, 1.82) is 0 Å². The van der Waals surface area contributed by atoms with Gasteiger partial charge in [-0.3, -0.25) is 0 Å². The summed E-state index contributed by atoms with van der Waals surface area (Å²) >= 11 is 0. The second-order valence-electron chi connectivity index (χ2n) is 4.19. The first-order valence-corrected chi connectivity index (χ1v) is 6.85. The molecule has 0 aliphatic heterocycles. The number of ether oxygens (including phenoxy) is 2. The van der Waals surface area contributed by atoms with Gasteiger partial charge in [0.1, 0.15) is 0 Å². The molecule has 0 heterocycles. The van der Waals surface area contributed by atoms with E-state index >= 15 is 0 Å². The molecule has 0 saturated heterocycles. The number of nitrogens with one attached hydrogen (secondary N) is 1. The van der Waals surface area contributed by atoms with Gasteiger partial charge >= 0.3 is 0 Å². The van der Waals surface area contributed by atoms with E-state index in [1.807, 2.05) is 6.92 Å². The third kappa shape index (κ3) is 13.8. The lowest BCUT2D eigenvalue weighted by Crippen LogP contribution is -2.32. The summed E-state index contributed by atoms with van der Waals surface area (Å²) in [5.74, 6) is 0. The predicted octanol–water partition coefficient (Wildman–Crippen LogP) is 1.57. The summed E-state index contributed by atoms with van der Waals surface area (Å²) in [4.78, 5) is 0. The van der Waals surface area contributed by atoms with Crippen molar-refractivity contribution in [3.8, 4) is 0 Å². The highest BCUT2D eigenvalue weighted by atomic mass is 16.5. The summed E-state index contributed by atoms with van der Waals surface area (Å²) in [5, 5.41) is 12.7. The molecular weight excluding hydrogens is 218 g/mol. The Hall–Kier alpha value is -0.160. The van der Waals surface area contributed by atoms with Crippen LogP contribution in [0.1, 0.15) is 39.5 Å². The molecule has 4 heteroatoms. The molecule has 0 bridgehead atoms. The minimum Gasteiger partial charge on any atom is -0.389 e. The Balaban J connectivity index is 3.09. The van der Waals surface area contributed by atoms with Gasteiger partial charge in [0, 0.05) is 26.3 Å². The zero-order valence-corrected chi connectivity index (χ0v) is 11.4. The number of rotatable bonds is 13. The minimum atomic E-state index is -0.414. The second-order valence-corrected chi connectivity index (χ2v) is 4.19. The van der Waals surface area contributed by atoms with Crippen LogP contribution >= 0.6 is 0 Å². The lowest BCUT2D eigenvalue weighted by molar-refractivity contribution is 0.0344. The maximum absolute atomic E-state index is 9.58. The highest BCUT2D eigenvalue weighted by molar-refractivity contribution is 4.58. The minimum absolute atomic E-state index is 0.414. The van der Waals surface area contributed by atoms with Gasteiger partial charge in [-0.05, 0) is 13.3 Å². The van der Waals surface area contributed by atoms with E-state index in [1.165, 1.54) is 19.3 Å². The number of aliphatic hydroxyl groups excluding tert-OH is 1. The van der Waals surface area contributed by atoms with Crippen molar-refractivity contribution in [3.05, 3.63) is 0 Å². The predicted molar refractivity (Wildman–Crippen MR) is 70.3 cm³/mol. The fourth-order valence-electron chi connectivity index (χ4n) is 1.47. The molecule has 0 aliphatic carbocycles. The van der Waals surface area contributed by atoms with Crippen molar-refractivity contribution in [3.63, 3.8) is 0 Å². The molecule has 17 heavy (non-hydrogen) atoms. The van der Waals surface area contributed by atoms with Crippen molar-refractivity contribution in [2.45, 2.75) is 45.6 Å². The molecule has 104 valence electrons. The fraction of sp³-hybridized carbons (Fsp3) is 1.00. The number of aliphatic hydroxyl groups is 1. The summed E-state index contributed by atoms with van der Waals surface area (Å²) in [6, 6.07) is 0. The zero-order valence-electron chi connectivity index (χ0n) is 11.4. The Kier molecular flexibility index (Phi) is 13.8. The van der Waals surface area contributed by atoms with E-state index < -0.39 is 6.10 Å². The second kappa shape index (κ2) is 13.9. The molecule has 0 rings (SSSR count). The largest absolute Gasteiger partial charge is 0.389 e. The van der Waals surface area contributed by atoms with E-state index in [0.29, 0.717) is 19.8 Å². The summed E-state index contributed by atoms with van der Waals surface area (Å²) in [5.41, 5.74) is 0. The molecule has 0 fully saturated rings. The lowest BCUT2D eigenvalue weighted by Gasteiger charge is -2.12. The standard InChI is InChI=1S/C13H29NO3/c1-3-5-6-7-9-17-12-13(15)11-14-8-10-16-4-2/h13-15H,3-12H2,1-2H3. The molecule has 0 aromatic rings. The Morgan fingerprint density at radius 1 is 1.06 bits per heavy atom. The average Bonchev–Trinajstić information content (AvgIpc) is 2.33. The summed E-state index contributed by atoms with van der Waals surface area (Å²) < 4.78 is 10.6. The van der Waals surface area contributed by atoms with Gasteiger partial charge in [0.05, 0.1) is 19.3 Å². The molecule has 4 nitrogen and oxygen atoms in total. The molecular formula is C13H29NO3. The molecule has 1 unspecified atom stereocenters. The van der Waals surface area contributed by atoms with Gasteiger partial charge in [0.2, 0.25) is 0 Å². The summed E-state index contributed by atoms with van der Waals surface area (Å²) in [6.45, 7) is 8.14. The molecule has 0 aliphatic rings. The van der Waals surface area contributed by atoms with Crippen LogP contribution < -0.4 is 5.32 Å². The average molecular weight is 247 g/mol. The smallest absolute Gasteiger partial charge is 0.0897 e. The SMILES string of the molecule is CCCCCCOCC(O)CNCCOCC. The fourth-order valence-corrected chi connectivity index (χ4v) is 1.47. The number of hydrogen-bond donors (Lipinski definition) is 2. The molecule has 0 spiro atoms. The topological polar surface area (TPSA) is 50.7 Å². The third-order valence-corrected chi connectivity index (χ3v) is 2.46. The van der Waals surface area contributed by atoms with Crippen molar-refractivity contribution in [1.82, 2.24) is 5.32 Å². The molecule has 0 saturated carbocycles. The lowest BCUT2D eigenvalue weighted by atomic mass is 10.2. The van der Waals surface area contributed by atoms with Gasteiger partial charge in [-0.2, -0.15) is 0 Å². The summed E-state index contributed by atoms with van der Waals surface area (Å²) in [6.07, 6.45) is 4.41. The van der Waals surface area contributed by atoms with Crippen LogP contribution in [0.15, 0.2) is 0 Å². The Bertz CT molecular complexity index is 145. The van der Waals surface area contributed by atoms with E-state index in [0.717, 1.165) is 26.2 Å². The molecule has 1 atom stereocenters. The first kappa shape index (κ1) is 16.8. The summed E-state index contributed by atoms with van der Waals surface area (Å²) in [7, 11) is 0. The van der Waals surface area contributed by atoms with Gasteiger partial charge in [0.25, 0.3) is 0 Å². The van der Waals surface area contributed by atoms with Crippen LogP contribution in [0.3, 0.4) is 0 Å². The Labute approximate surface area is 106 Å². The van der Waals surface area contributed by atoms with E-state index in [9.17, 15) is 5.11 Å². The van der Waals surface area contributed by atoms with Crippen molar-refractivity contribution in [2.75, 3.05) is 39.5 Å². The maximum Gasteiger partial charge on any atom is 0.0897 e. The van der Waals surface area contributed by atoms with Gasteiger partial charge < -0.3 is 19.9 Å². The maximum atomic E-state index is 9.58. The van der Waals surface area contributed by atoms with E-state index in [-0.39, 0.29) is 0 Å². The normalized spacial score (nSPS) is 12.9. The number of hydrogen-bond acceptors (Lipinski definition) is 4. The molecule has 0 amide bonds. The van der Waals surface area contributed by atoms with Gasteiger partial charge in [0.15, 0.2) is 0 Å².